The van der Waals surface area contributed by atoms with Crippen molar-refractivity contribution in [1.82, 2.24) is 0 Å². The molecule has 2 aliphatic rings. The molecule has 118 valence electrons. The quantitative estimate of drug-likeness (QED) is 0.929. The first-order valence-electron chi connectivity index (χ1n) is 8.25. The van der Waals surface area contributed by atoms with Crippen LogP contribution in [0.3, 0.4) is 0 Å². The molecule has 1 aliphatic carbocycles. The number of carbonyl (C=O) groups excluding carboxylic acids is 2. The molecule has 4 heteroatoms. The van der Waals surface area contributed by atoms with Crippen molar-refractivity contribution < 1.29 is 14.3 Å². The topological polar surface area (TPSA) is 69.4 Å². The van der Waals surface area contributed by atoms with Gasteiger partial charge in [0, 0.05) is 6.42 Å². The maximum Gasteiger partial charge on any atom is 0.217 e. The lowest BCUT2D eigenvalue weighted by atomic mass is 9.75. The second-order valence-corrected chi connectivity index (χ2v) is 6.45. The summed E-state index contributed by atoms with van der Waals surface area (Å²) in [5.74, 6) is 0.612. The highest BCUT2D eigenvalue weighted by molar-refractivity contribution is 6.01. The van der Waals surface area contributed by atoms with E-state index in [1.54, 1.807) is 0 Å². The molecular formula is C18H23NO3. The molecule has 1 saturated carbocycles. The van der Waals surface area contributed by atoms with Gasteiger partial charge in [0.1, 0.15) is 11.9 Å². The van der Waals surface area contributed by atoms with Gasteiger partial charge in [-0.15, -0.1) is 0 Å². The lowest BCUT2D eigenvalue weighted by molar-refractivity contribution is -0.118. The average Bonchev–Trinajstić information content (AvgIpc) is 2.54. The van der Waals surface area contributed by atoms with Gasteiger partial charge in [0.15, 0.2) is 5.78 Å². The van der Waals surface area contributed by atoms with Gasteiger partial charge in [-0.25, -0.2) is 0 Å². The van der Waals surface area contributed by atoms with Crippen molar-refractivity contribution in [2.75, 3.05) is 0 Å². The number of carbonyl (C=O) groups is 2. The van der Waals surface area contributed by atoms with Crippen LogP contribution in [0, 0.1) is 11.8 Å². The van der Waals surface area contributed by atoms with Crippen LogP contribution in [0.2, 0.25) is 0 Å². The molecule has 2 unspecified atom stereocenters. The minimum atomic E-state index is -0.353. The molecule has 2 N–H and O–H groups in total. The molecule has 1 heterocycles. The number of rotatable bonds is 4. The lowest BCUT2D eigenvalue weighted by Crippen LogP contribution is -2.43. The number of amides is 1. The van der Waals surface area contributed by atoms with Crippen LogP contribution in [0.1, 0.15) is 55.3 Å². The van der Waals surface area contributed by atoms with Crippen molar-refractivity contribution in [1.29, 1.82) is 0 Å². The van der Waals surface area contributed by atoms with Crippen molar-refractivity contribution in [2.45, 2.75) is 51.0 Å². The highest BCUT2D eigenvalue weighted by Gasteiger charge is 2.41. The molecule has 0 spiro atoms. The third kappa shape index (κ3) is 3.01. The summed E-state index contributed by atoms with van der Waals surface area (Å²) in [5, 5.41) is 0. The summed E-state index contributed by atoms with van der Waals surface area (Å²) in [7, 11) is 0. The molecule has 2 atom stereocenters. The van der Waals surface area contributed by atoms with Gasteiger partial charge in [-0.3, -0.25) is 9.59 Å². The Morgan fingerprint density at radius 2 is 1.91 bits per heavy atom. The van der Waals surface area contributed by atoms with Crippen molar-refractivity contribution in [2.24, 2.45) is 17.6 Å². The van der Waals surface area contributed by atoms with Crippen LogP contribution in [-0.2, 0) is 4.79 Å². The third-order valence-corrected chi connectivity index (χ3v) is 4.97. The monoisotopic (exact) mass is 301 g/mol. The van der Waals surface area contributed by atoms with Crippen LogP contribution >= 0.6 is 0 Å². The zero-order valence-electron chi connectivity index (χ0n) is 12.8. The molecule has 0 aromatic heterocycles. The molecule has 1 aliphatic heterocycles. The predicted molar refractivity (Wildman–Crippen MR) is 83.7 cm³/mol. The van der Waals surface area contributed by atoms with Gasteiger partial charge in [0.2, 0.25) is 5.91 Å². The summed E-state index contributed by atoms with van der Waals surface area (Å²) in [4.78, 5) is 24.0. The molecule has 3 rings (SSSR count). The Morgan fingerprint density at radius 1 is 1.18 bits per heavy atom. The summed E-state index contributed by atoms with van der Waals surface area (Å²) in [6.45, 7) is 0. The minimum Gasteiger partial charge on any atom is -0.489 e. The van der Waals surface area contributed by atoms with E-state index in [0.29, 0.717) is 23.7 Å². The molecule has 1 aromatic carbocycles. The maximum atomic E-state index is 12.9. The standard InChI is InChI=1S/C18H23NO3/c19-16(20)11-10-14-17(21)13-8-4-5-9-15(13)22-18(14)12-6-2-1-3-7-12/h4-5,8-9,12,14,18H,1-3,6-7,10-11H2,(H2,19,20). The Bertz CT molecular complexity index is 563. The molecule has 0 bridgehead atoms. The van der Waals surface area contributed by atoms with Gasteiger partial charge >= 0.3 is 0 Å². The van der Waals surface area contributed by atoms with E-state index in [0.717, 1.165) is 12.8 Å². The molecule has 1 fully saturated rings. The van der Waals surface area contributed by atoms with Crippen LogP contribution in [0.5, 0.6) is 5.75 Å². The van der Waals surface area contributed by atoms with E-state index in [2.05, 4.69) is 0 Å². The van der Waals surface area contributed by atoms with E-state index in [-0.39, 0.29) is 30.1 Å². The van der Waals surface area contributed by atoms with Gasteiger partial charge in [-0.05, 0) is 37.3 Å². The minimum absolute atomic E-state index is 0.109. The van der Waals surface area contributed by atoms with Gasteiger partial charge < -0.3 is 10.5 Å². The van der Waals surface area contributed by atoms with Crippen LogP contribution in [0.4, 0.5) is 0 Å². The molecule has 22 heavy (non-hydrogen) atoms. The fraction of sp³-hybridized carbons (Fsp3) is 0.556. The summed E-state index contributed by atoms with van der Waals surface area (Å²) < 4.78 is 6.21. The fourth-order valence-corrected chi connectivity index (χ4v) is 3.83. The Kier molecular flexibility index (Phi) is 4.46. The molecule has 4 nitrogen and oxygen atoms in total. The first kappa shape index (κ1) is 15.1. The number of primary amides is 1. The van der Waals surface area contributed by atoms with Crippen molar-refractivity contribution in [3.05, 3.63) is 29.8 Å². The van der Waals surface area contributed by atoms with Crippen LogP contribution in [-0.4, -0.2) is 17.8 Å². The fourth-order valence-electron chi connectivity index (χ4n) is 3.83. The Hall–Kier alpha value is -1.84. The second kappa shape index (κ2) is 6.51. The lowest BCUT2D eigenvalue weighted by Gasteiger charge is -2.38. The second-order valence-electron chi connectivity index (χ2n) is 6.45. The van der Waals surface area contributed by atoms with E-state index in [1.807, 2.05) is 24.3 Å². The predicted octanol–water partition coefficient (Wildman–Crippen LogP) is 3.09. The van der Waals surface area contributed by atoms with Crippen LogP contribution < -0.4 is 10.5 Å². The first-order valence-corrected chi connectivity index (χ1v) is 8.25. The number of ketones is 1. The SMILES string of the molecule is NC(=O)CCC1C(=O)c2ccccc2OC1C1CCCCC1. The van der Waals surface area contributed by atoms with E-state index < -0.39 is 0 Å². The van der Waals surface area contributed by atoms with E-state index >= 15 is 0 Å². The number of fused-ring (bicyclic) bond motifs is 1. The number of Topliss-reactive ketones (excluding diaryl/α,β-unsaturated/α-hetero) is 1. The summed E-state index contributed by atoms with van der Waals surface area (Å²) in [6, 6.07) is 7.43. The highest BCUT2D eigenvalue weighted by Crippen LogP contribution is 2.40. The van der Waals surface area contributed by atoms with E-state index in [9.17, 15) is 9.59 Å². The number of hydrogen-bond donors (Lipinski definition) is 1. The van der Waals surface area contributed by atoms with E-state index in [4.69, 9.17) is 10.5 Å². The van der Waals surface area contributed by atoms with Gasteiger partial charge in [0.05, 0.1) is 11.5 Å². The zero-order chi connectivity index (χ0) is 15.5. The number of para-hydroxylation sites is 1. The van der Waals surface area contributed by atoms with Gasteiger partial charge in [-0.2, -0.15) is 0 Å². The van der Waals surface area contributed by atoms with Crippen molar-refractivity contribution in [3.8, 4) is 5.75 Å². The number of ether oxygens (including phenoxy) is 1. The molecule has 1 amide bonds. The van der Waals surface area contributed by atoms with Gasteiger partial charge in [0.25, 0.3) is 0 Å². The smallest absolute Gasteiger partial charge is 0.217 e. The van der Waals surface area contributed by atoms with Gasteiger partial charge in [-0.1, -0.05) is 31.4 Å². The highest BCUT2D eigenvalue weighted by atomic mass is 16.5. The van der Waals surface area contributed by atoms with E-state index in [1.165, 1.54) is 19.3 Å². The Morgan fingerprint density at radius 3 is 2.64 bits per heavy atom. The first-order chi connectivity index (χ1) is 10.7. The largest absolute Gasteiger partial charge is 0.489 e. The summed E-state index contributed by atoms with van der Waals surface area (Å²) in [6.07, 6.45) is 6.49. The molecule has 1 aromatic rings. The normalized spacial score (nSPS) is 25.4. The average molecular weight is 301 g/mol. The molecule has 0 saturated heterocycles. The summed E-state index contributed by atoms with van der Waals surface area (Å²) >= 11 is 0. The third-order valence-electron chi connectivity index (χ3n) is 4.97. The zero-order valence-corrected chi connectivity index (χ0v) is 12.8. The Labute approximate surface area is 131 Å². The number of hydrogen-bond acceptors (Lipinski definition) is 3. The summed E-state index contributed by atoms with van der Waals surface area (Å²) in [5.41, 5.74) is 5.93. The van der Waals surface area contributed by atoms with Crippen molar-refractivity contribution in [3.63, 3.8) is 0 Å². The van der Waals surface area contributed by atoms with Crippen molar-refractivity contribution >= 4 is 11.7 Å². The molecule has 0 radical (unpaired) electrons. The number of benzene rings is 1. The maximum absolute atomic E-state index is 12.9. The van der Waals surface area contributed by atoms with Crippen LogP contribution in [0.15, 0.2) is 24.3 Å². The Balaban J connectivity index is 1.87. The number of nitrogens with two attached hydrogens (primary N) is 1. The van der Waals surface area contributed by atoms with Crippen LogP contribution in [0.25, 0.3) is 0 Å². The molecular weight excluding hydrogens is 278 g/mol.